The van der Waals surface area contributed by atoms with E-state index in [0.29, 0.717) is 11.6 Å². The number of hydrazine groups is 1. The van der Waals surface area contributed by atoms with E-state index in [9.17, 15) is 0 Å². The highest BCUT2D eigenvalue weighted by molar-refractivity contribution is 5.51. The summed E-state index contributed by atoms with van der Waals surface area (Å²) in [5.74, 6) is 6.54. The maximum Gasteiger partial charge on any atom is 0.223 e. The van der Waals surface area contributed by atoms with E-state index in [1.807, 2.05) is 19.1 Å². The first-order valence-electron chi connectivity index (χ1n) is 5.46. The van der Waals surface area contributed by atoms with Crippen molar-refractivity contribution in [1.29, 1.82) is 0 Å². The number of anilines is 3. The molecule has 2 rings (SSSR count). The molecule has 94 valence electrons. The van der Waals surface area contributed by atoms with E-state index in [1.54, 1.807) is 18.5 Å². The predicted octanol–water partition coefficient (Wildman–Crippen LogP) is 0.912. The third-order valence-corrected chi connectivity index (χ3v) is 2.46. The second-order valence-electron chi connectivity index (χ2n) is 3.79. The van der Waals surface area contributed by atoms with Gasteiger partial charge in [-0.25, -0.2) is 5.84 Å². The topological polar surface area (TPSA) is 115 Å². The molecule has 0 bridgehead atoms. The van der Waals surface area contributed by atoms with Crippen LogP contribution in [0.1, 0.15) is 18.5 Å². The van der Waals surface area contributed by atoms with Crippen LogP contribution in [-0.2, 0) is 0 Å². The summed E-state index contributed by atoms with van der Waals surface area (Å²) in [5, 5.41) is 3.22. The third kappa shape index (κ3) is 2.83. The van der Waals surface area contributed by atoms with E-state index in [2.05, 4.69) is 25.7 Å². The standard InChI is InChI=1S/C11H15N7/c1-7(8-2-4-14-5-3-8)15-9-6-10(18-13)17-11(12)16-9/h2-7H,13H2,1H3,(H4,12,15,16,17,18). The summed E-state index contributed by atoms with van der Waals surface area (Å²) in [5.41, 5.74) is 9.12. The fourth-order valence-corrected chi connectivity index (χ4v) is 1.57. The first-order valence-corrected chi connectivity index (χ1v) is 5.46. The minimum Gasteiger partial charge on any atom is -0.368 e. The molecule has 0 aliphatic heterocycles. The van der Waals surface area contributed by atoms with Gasteiger partial charge < -0.3 is 16.5 Å². The average molecular weight is 245 g/mol. The van der Waals surface area contributed by atoms with Crippen molar-refractivity contribution >= 4 is 17.6 Å². The van der Waals surface area contributed by atoms with Gasteiger partial charge in [0.1, 0.15) is 11.6 Å². The van der Waals surface area contributed by atoms with Crippen molar-refractivity contribution in [3.63, 3.8) is 0 Å². The van der Waals surface area contributed by atoms with Crippen molar-refractivity contribution in [3.8, 4) is 0 Å². The number of nitrogens with two attached hydrogens (primary N) is 2. The summed E-state index contributed by atoms with van der Waals surface area (Å²) in [6, 6.07) is 5.63. The lowest BCUT2D eigenvalue weighted by atomic mass is 10.1. The van der Waals surface area contributed by atoms with Crippen molar-refractivity contribution in [2.24, 2.45) is 5.84 Å². The molecule has 0 spiro atoms. The molecule has 0 aliphatic rings. The zero-order chi connectivity index (χ0) is 13.0. The van der Waals surface area contributed by atoms with Crippen LogP contribution >= 0.6 is 0 Å². The Morgan fingerprint density at radius 3 is 2.50 bits per heavy atom. The van der Waals surface area contributed by atoms with Gasteiger partial charge in [-0.05, 0) is 24.6 Å². The summed E-state index contributed by atoms with van der Waals surface area (Å²) < 4.78 is 0. The fraction of sp³-hybridized carbons (Fsp3) is 0.182. The van der Waals surface area contributed by atoms with Crippen molar-refractivity contribution < 1.29 is 0 Å². The Kier molecular flexibility index (Phi) is 3.54. The molecule has 2 aromatic heterocycles. The molecule has 0 fully saturated rings. The molecule has 1 atom stereocenters. The van der Waals surface area contributed by atoms with Crippen LogP contribution in [-0.4, -0.2) is 15.0 Å². The SMILES string of the molecule is CC(Nc1cc(NN)nc(N)n1)c1ccncc1. The monoisotopic (exact) mass is 245 g/mol. The molecule has 0 amide bonds. The van der Waals surface area contributed by atoms with E-state index in [1.165, 1.54) is 0 Å². The van der Waals surface area contributed by atoms with Crippen molar-refractivity contribution in [1.82, 2.24) is 15.0 Å². The Balaban J connectivity index is 2.16. The number of hydrogen-bond acceptors (Lipinski definition) is 7. The van der Waals surface area contributed by atoms with Crippen LogP contribution in [0.25, 0.3) is 0 Å². The largest absolute Gasteiger partial charge is 0.368 e. The van der Waals surface area contributed by atoms with Crippen LogP contribution in [0.4, 0.5) is 17.6 Å². The van der Waals surface area contributed by atoms with Crippen LogP contribution in [0, 0.1) is 0 Å². The summed E-state index contributed by atoms with van der Waals surface area (Å²) in [7, 11) is 0. The van der Waals surface area contributed by atoms with Crippen molar-refractivity contribution in [3.05, 3.63) is 36.2 Å². The first-order chi connectivity index (χ1) is 8.69. The predicted molar refractivity (Wildman–Crippen MR) is 70.5 cm³/mol. The van der Waals surface area contributed by atoms with Gasteiger partial charge in [0.05, 0.1) is 6.04 Å². The number of nitrogens with one attached hydrogen (secondary N) is 2. The molecule has 18 heavy (non-hydrogen) atoms. The van der Waals surface area contributed by atoms with Crippen LogP contribution in [0.2, 0.25) is 0 Å². The number of nitrogen functional groups attached to an aromatic ring is 2. The smallest absolute Gasteiger partial charge is 0.223 e. The summed E-state index contributed by atoms with van der Waals surface area (Å²) in [6.07, 6.45) is 3.49. The Morgan fingerprint density at radius 1 is 1.17 bits per heavy atom. The first kappa shape index (κ1) is 12.1. The minimum absolute atomic E-state index is 0.0768. The second-order valence-corrected chi connectivity index (χ2v) is 3.79. The number of nitrogens with zero attached hydrogens (tertiary/aromatic N) is 3. The zero-order valence-corrected chi connectivity index (χ0v) is 9.96. The van der Waals surface area contributed by atoms with Gasteiger partial charge in [-0.2, -0.15) is 9.97 Å². The van der Waals surface area contributed by atoms with Gasteiger partial charge in [0.25, 0.3) is 0 Å². The molecular weight excluding hydrogens is 230 g/mol. The quantitative estimate of drug-likeness (QED) is 0.467. The Bertz CT molecular complexity index is 514. The van der Waals surface area contributed by atoms with Gasteiger partial charge in [-0.1, -0.05) is 0 Å². The van der Waals surface area contributed by atoms with Crippen LogP contribution in [0.15, 0.2) is 30.6 Å². The van der Waals surface area contributed by atoms with Gasteiger partial charge >= 0.3 is 0 Å². The molecule has 0 radical (unpaired) electrons. The van der Waals surface area contributed by atoms with E-state index in [4.69, 9.17) is 11.6 Å². The van der Waals surface area contributed by atoms with E-state index in [-0.39, 0.29) is 12.0 Å². The van der Waals surface area contributed by atoms with Gasteiger partial charge in [0, 0.05) is 18.5 Å². The normalized spacial score (nSPS) is 11.9. The number of hydrogen-bond donors (Lipinski definition) is 4. The van der Waals surface area contributed by atoms with E-state index < -0.39 is 0 Å². The number of rotatable bonds is 4. The lowest BCUT2D eigenvalue weighted by molar-refractivity contribution is 0.869. The average Bonchev–Trinajstić information content (AvgIpc) is 2.39. The minimum atomic E-state index is 0.0768. The highest BCUT2D eigenvalue weighted by Crippen LogP contribution is 2.19. The third-order valence-electron chi connectivity index (χ3n) is 2.46. The molecule has 0 aliphatic carbocycles. The lowest BCUT2D eigenvalue weighted by Gasteiger charge is -2.15. The molecular formula is C11H15N7. The molecule has 2 heterocycles. The fourth-order valence-electron chi connectivity index (χ4n) is 1.57. The maximum atomic E-state index is 5.58. The molecule has 1 unspecified atom stereocenters. The summed E-state index contributed by atoms with van der Waals surface area (Å²) in [6.45, 7) is 2.02. The Hall–Kier alpha value is -2.41. The highest BCUT2D eigenvalue weighted by Gasteiger charge is 2.07. The molecule has 2 aromatic rings. The van der Waals surface area contributed by atoms with Crippen LogP contribution in [0.5, 0.6) is 0 Å². The van der Waals surface area contributed by atoms with Gasteiger partial charge in [-0.3, -0.25) is 4.98 Å². The highest BCUT2D eigenvalue weighted by atomic mass is 15.3. The second kappa shape index (κ2) is 5.28. The Morgan fingerprint density at radius 2 is 1.83 bits per heavy atom. The number of pyridine rings is 1. The van der Waals surface area contributed by atoms with Crippen molar-refractivity contribution in [2.75, 3.05) is 16.5 Å². The van der Waals surface area contributed by atoms with E-state index in [0.717, 1.165) is 5.56 Å². The van der Waals surface area contributed by atoms with Gasteiger partial charge in [0.15, 0.2) is 0 Å². The Labute approximate surface area is 105 Å². The molecule has 0 saturated heterocycles. The molecule has 6 N–H and O–H groups in total. The molecule has 0 aromatic carbocycles. The summed E-state index contributed by atoms with van der Waals surface area (Å²) >= 11 is 0. The van der Waals surface area contributed by atoms with Gasteiger partial charge in [0.2, 0.25) is 5.95 Å². The van der Waals surface area contributed by atoms with Gasteiger partial charge in [-0.15, -0.1) is 0 Å². The lowest BCUT2D eigenvalue weighted by Crippen LogP contribution is -2.13. The molecule has 7 heteroatoms. The van der Waals surface area contributed by atoms with Crippen LogP contribution < -0.4 is 22.3 Å². The number of aromatic nitrogens is 3. The van der Waals surface area contributed by atoms with Crippen molar-refractivity contribution in [2.45, 2.75) is 13.0 Å². The zero-order valence-electron chi connectivity index (χ0n) is 9.96. The summed E-state index contributed by atoms with van der Waals surface area (Å²) in [4.78, 5) is 12.0. The van der Waals surface area contributed by atoms with E-state index >= 15 is 0 Å². The molecule has 7 nitrogen and oxygen atoms in total. The maximum absolute atomic E-state index is 5.58. The molecule has 0 saturated carbocycles. The van der Waals surface area contributed by atoms with Crippen LogP contribution in [0.3, 0.4) is 0 Å².